The fourth-order valence-electron chi connectivity index (χ4n) is 3.06. The van der Waals surface area contributed by atoms with E-state index in [9.17, 15) is 13.2 Å². The van der Waals surface area contributed by atoms with Gasteiger partial charge >= 0.3 is 0 Å². The Kier molecular flexibility index (Phi) is 7.68. The van der Waals surface area contributed by atoms with Gasteiger partial charge in [0.1, 0.15) is 18.0 Å². The van der Waals surface area contributed by atoms with E-state index >= 15 is 0 Å². The molecule has 3 aromatic carbocycles. The van der Waals surface area contributed by atoms with Crippen molar-refractivity contribution in [1.82, 2.24) is 5.43 Å². The number of rotatable bonds is 9. The Morgan fingerprint density at radius 3 is 2.18 bits per heavy atom. The van der Waals surface area contributed by atoms with Crippen LogP contribution in [-0.4, -0.2) is 40.8 Å². The number of carbonyl (C=O) groups excluding carboxylic acids is 1. The molecule has 0 aliphatic carbocycles. The number of para-hydroxylation sites is 2. The van der Waals surface area contributed by atoms with Crippen LogP contribution in [0.4, 0.5) is 5.69 Å². The number of ether oxygens (including phenoxy) is 2. The Bertz CT molecular complexity index is 1230. The molecule has 0 bridgehead atoms. The van der Waals surface area contributed by atoms with Crippen molar-refractivity contribution < 1.29 is 22.7 Å². The zero-order valence-corrected chi connectivity index (χ0v) is 19.4. The van der Waals surface area contributed by atoms with E-state index in [-0.39, 0.29) is 10.6 Å². The van der Waals surface area contributed by atoms with Gasteiger partial charge in [-0.2, -0.15) is 5.10 Å². The summed E-state index contributed by atoms with van der Waals surface area (Å²) in [6.45, 7) is 1.25. The molecule has 0 saturated heterocycles. The van der Waals surface area contributed by atoms with Crippen LogP contribution in [0.2, 0.25) is 0 Å². The highest BCUT2D eigenvalue weighted by molar-refractivity contribution is 7.92. The third-order valence-corrected chi connectivity index (χ3v) is 6.60. The smallest absolute Gasteiger partial charge is 0.264 e. The zero-order chi connectivity index (χ0) is 23.8. The van der Waals surface area contributed by atoms with Gasteiger partial charge < -0.3 is 9.47 Å². The normalized spacial score (nSPS) is 11.5. The van der Waals surface area contributed by atoms with Gasteiger partial charge in [-0.15, -0.1) is 0 Å². The Labute approximate surface area is 193 Å². The summed E-state index contributed by atoms with van der Waals surface area (Å²) < 4.78 is 38.3. The summed E-state index contributed by atoms with van der Waals surface area (Å²) in [6, 6.07) is 21.7. The lowest BCUT2D eigenvalue weighted by Gasteiger charge is -2.25. The number of benzene rings is 3. The van der Waals surface area contributed by atoms with Gasteiger partial charge in [-0.05, 0) is 61.0 Å². The number of anilines is 1. The lowest BCUT2D eigenvalue weighted by Crippen LogP contribution is -2.40. The number of hydrogen-bond acceptors (Lipinski definition) is 6. The predicted octanol–water partition coefficient (Wildman–Crippen LogP) is 3.44. The van der Waals surface area contributed by atoms with Crippen molar-refractivity contribution in [3.05, 3.63) is 84.4 Å². The molecule has 0 fully saturated rings. The minimum Gasteiger partial charge on any atom is -0.497 e. The molecule has 1 N–H and O–H groups in total. The summed E-state index contributed by atoms with van der Waals surface area (Å²) in [6.07, 6.45) is 0. The van der Waals surface area contributed by atoms with E-state index < -0.39 is 22.5 Å². The lowest BCUT2D eigenvalue weighted by atomic mass is 10.1. The van der Waals surface area contributed by atoms with Crippen LogP contribution < -0.4 is 19.2 Å². The van der Waals surface area contributed by atoms with Gasteiger partial charge in [0.2, 0.25) is 0 Å². The van der Waals surface area contributed by atoms with Gasteiger partial charge in [-0.25, -0.2) is 13.8 Å². The van der Waals surface area contributed by atoms with Crippen LogP contribution in [-0.2, 0) is 14.8 Å². The van der Waals surface area contributed by atoms with Crippen LogP contribution in [0.1, 0.15) is 12.5 Å². The van der Waals surface area contributed by atoms with Crippen LogP contribution in [0.15, 0.2) is 88.9 Å². The number of hydrogen-bond donors (Lipinski definition) is 1. The fourth-order valence-corrected chi connectivity index (χ4v) is 4.52. The second kappa shape index (κ2) is 10.6. The van der Waals surface area contributed by atoms with E-state index in [0.29, 0.717) is 17.2 Å². The Morgan fingerprint density at radius 2 is 1.55 bits per heavy atom. The largest absolute Gasteiger partial charge is 0.497 e. The second-order valence-corrected chi connectivity index (χ2v) is 8.82. The van der Waals surface area contributed by atoms with E-state index in [4.69, 9.17) is 9.47 Å². The summed E-state index contributed by atoms with van der Waals surface area (Å²) in [7, 11) is -1.03. The molecule has 0 radical (unpaired) electrons. The third kappa shape index (κ3) is 5.69. The number of carbonyl (C=O) groups is 1. The molecule has 0 aliphatic heterocycles. The minimum atomic E-state index is -4.05. The average Bonchev–Trinajstić information content (AvgIpc) is 2.86. The molecule has 3 rings (SSSR count). The highest BCUT2D eigenvalue weighted by Crippen LogP contribution is 2.32. The molecule has 0 aromatic heterocycles. The first kappa shape index (κ1) is 23.8. The quantitative estimate of drug-likeness (QED) is 0.384. The van der Waals surface area contributed by atoms with Crippen molar-refractivity contribution in [3.63, 3.8) is 0 Å². The molecule has 33 heavy (non-hydrogen) atoms. The number of nitrogens with zero attached hydrogens (tertiary/aromatic N) is 2. The van der Waals surface area contributed by atoms with Gasteiger partial charge in [-0.1, -0.05) is 30.3 Å². The van der Waals surface area contributed by atoms with Crippen LogP contribution in [0.3, 0.4) is 0 Å². The summed E-state index contributed by atoms with van der Waals surface area (Å²) >= 11 is 0. The molecule has 8 nitrogen and oxygen atoms in total. The molecule has 172 valence electrons. The summed E-state index contributed by atoms with van der Waals surface area (Å²) in [5, 5.41) is 4.12. The Morgan fingerprint density at radius 1 is 0.909 bits per heavy atom. The van der Waals surface area contributed by atoms with Gasteiger partial charge in [0, 0.05) is 0 Å². The van der Waals surface area contributed by atoms with Crippen LogP contribution in [0.25, 0.3) is 0 Å². The van der Waals surface area contributed by atoms with E-state index in [2.05, 4.69) is 10.5 Å². The topological polar surface area (TPSA) is 97.3 Å². The number of methoxy groups -OCH3 is 2. The molecular weight excluding hydrogens is 442 g/mol. The van der Waals surface area contributed by atoms with Gasteiger partial charge in [-0.3, -0.25) is 9.10 Å². The lowest BCUT2D eigenvalue weighted by molar-refractivity contribution is -0.119. The van der Waals surface area contributed by atoms with Gasteiger partial charge in [0.25, 0.3) is 15.9 Å². The van der Waals surface area contributed by atoms with Crippen molar-refractivity contribution in [3.8, 4) is 11.5 Å². The molecule has 1 amide bonds. The first-order valence-electron chi connectivity index (χ1n) is 10.0. The molecule has 0 heterocycles. The van der Waals surface area contributed by atoms with Crippen LogP contribution in [0.5, 0.6) is 11.5 Å². The maximum atomic E-state index is 13.4. The van der Waals surface area contributed by atoms with E-state index in [1.807, 2.05) is 12.1 Å². The minimum absolute atomic E-state index is 0.0571. The van der Waals surface area contributed by atoms with Crippen LogP contribution in [0, 0.1) is 0 Å². The van der Waals surface area contributed by atoms with Crippen molar-refractivity contribution in [2.24, 2.45) is 5.10 Å². The second-order valence-electron chi connectivity index (χ2n) is 6.96. The monoisotopic (exact) mass is 467 g/mol. The number of nitrogens with one attached hydrogen (secondary N) is 1. The van der Waals surface area contributed by atoms with Crippen molar-refractivity contribution in [1.29, 1.82) is 0 Å². The molecule has 9 heteroatoms. The van der Waals surface area contributed by atoms with Crippen LogP contribution >= 0.6 is 0 Å². The van der Waals surface area contributed by atoms with Gasteiger partial charge in [0.05, 0.1) is 30.5 Å². The zero-order valence-electron chi connectivity index (χ0n) is 18.6. The number of hydrazone groups is 1. The third-order valence-electron chi connectivity index (χ3n) is 4.83. The van der Waals surface area contributed by atoms with Crippen molar-refractivity contribution in [2.75, 3.05) is 25.1 Å². The first-order chi connectivity index (χ1) is 15.9. The Balaban J connectivity index is 1.87. The first-order valence-corrected chi connectivity index (χ1v) is 11.5. The van der Waals surface area contributed by atoms with Gasteiger partial charge in [0.15, 0.2) is 0 Å². The highest BCUT2D eigenvalue weighted by Gasteiger charge is 2.29. The van der Waals surface area contributed by atoms with E-state index in [0.717, 1.165) is 9.87 Å². The average molecular weight is 468 g/mol. The van der Waals surface area contributed by atoms with Crippen molar-refractivity contribution in [2.45, 2.75) is 11.8 Å². The fraction of sp³-hybridized carbons (Fsp3) is 0.167. The predicted molar refractivity (Wildman–Crippen MR) is 127 cm³/mol. The molecule has 0 unspecified atom stereocenters. The summed E-state index contributed by atoms with van der Waals surface area (Å²) in [5.41, 5.74) is 4.03. The molecule has 0 spiro atoms. The number of sulfonamides is 1. The maximum absolute atomic E-state index is 13.4. The summed E-state index contributed by atoms with van der Waals surface area (Å²) in [4.78, 5) is 12.8. The molecule has 0 atom stereocenters. The molecular formula is C24H25N3O5S. The molecule has 0 saturated carbocycles. The van der Waals surface area contributed by atoms with E-state index in [1.54, 1.807) is 68.6 Å². The highest BCUT2D eigenvalue weighted by atomic mass is 32.2. The van der Waals surface area contributed by atoms with Crippen molar-refractivity contribution >= 4 is 27.3 Å². The summed E-state index contributed by atoms with van der Waals surface area (Å²) in [5.74, 6) is 0.421. The SMILES string of the molecule is COc1ccc(/C(C)=N\NC(=O)CN(c2ccccc2OC)S(=O)(=O)c2ccccc2)cc1. The number of amides is 1. The standard InChI is InChI=1S/C24H25N3O5S/c1-18(19-13-15-20(31-2)16-14-19)25-26-24(28)17-27(22-11-7-8-12-23(22)32-3)33(29,30)21-9-5-4-6-10-21/h4-16H,17H2,1-3H3,(H,26,28)/b25-18-. The molecule has 0 aliphatic rings. The maximum Gasteiger partial charge on any atom is 0.264 e. The molecule has 3 aromatic rings. The van der Waals surface area contributed by atoms with E-state index in [1.165, 1.54) is 19.2 Å². The Hall–Kier alpha value is -3.85.